The van der Waals surface area contributed by atoms with Crippen molar-refractivity contribution in [3.63, 3.8) is 0 Å². The largest absolute Gasteiger partial charge is 0.327 e. The Labute approximate surface area is 109 Å². The molecule has 0 aromatic carbocycles. The van der Waals surface area contributed by atoms with E-state index in [9.17, 15) is 0 Å². The summed E-state index contributed by atoms with van der Waals surface area (Å²) in [5, 5.41) is 2.16. The molecule has 1 nitrogen and oxygen atoms in total. The van der Waals surface area contributed by atoms with Gasteiger partial charge >= 0.3 is 0 Å². The molecule has 1 aromatic heterocycles. The van der Waals surface area contributed by atoms with Gasteiger partial charge in [0.1, 0.15) is 0 Å². The molecule has 2 heteroatoms. The zero-order valence-electron chi connectivity index (χ0n) is 10.9. The Kier molecular flexibility index (Phi) is 5.05. The normalized spacial score (nSPS) is 26.9. The van der Waals surface area contributed by atoms with Crippen molar-refractivity contribution in [2.45, 2.75) is 57.9 Å². The number of aryl methyl sites for hydroxylation is 1. The van der Waals surface area contributed by atoms with E-state index in [1.807, 2.05) is 11.3 Å². The summed E-state index contributed by atoms with van der Waals surface area (Å²) in [4.78, 5) is 1.49. The summed E-state index contributed by atoms with van der Waals surface area (Å²) in [5.74, 6) is 1.77. The van der Waals surface area contributed by atoms with Crippen molar-refractivity contribution < 1.29 is 0 Å². The molecule has 1 aliphatic carbocycles. The molecule has 1 heterocycles. The van der Waals surface area contributed by atoms with Crippen molar-refractivity contribution in [3.05, 3.63) is 22.4 Å². The molecule has 17 heavy (non-hydrogen) atoms. The van der Waals surface area contributed by atoms with E-state index in [-0.39, 0.29) is 0 Å². The minimum atomic E-state index is 0.426. The summed E-state index contributed by atoms with van der Waals surface area (Å²) in [6.07, 6.45) is 9.25. The van der Waals surface area contributed by atoms with Gasteiger partial charge in [-0.05, 0) is 49.0 Å². The van der Waals surface area contributed by atoms with E-state index < -0.39 is 0 Å². The van der Waals surface area contributed by atoms with Crippen LogP contribution in [-0.4, -0.2) is 6.04 Å². The van der Waals surface area contributed by atoms with Crippen LogP contribution in [0.1, 0.15) is 50.3 Å². The van der Waals surface area contributed by atoms with E-state index in [1.165, 1.54) is 49.8 Å². The van der Waals surface area contributed by atoms with Gasteiger partial charge in [0.25, 0.3) is 0 Å². The van der Waals surface area contributed by atoms with Gasteiger partial charge in [-0.3, -0.25) is 0 Å². The van der Waals surface area contributed by atoms with Crippen LogP contribution in [-0.2, 0) is 6.42 Å². The smallest absolute Gasteiger partial charge is 0.00706 e. The van der Waals surface area contributed by atoms with Gasteiger partial charge in [0.15, 0.2) is 0 Å². The molecule has 0 radical (unpaired) electrons. The van der Waals surface area contributed by atoms with Crippen LogP contribution in [0.3, 0.4) is 0 Å². The van der Waals surface area contributed by atoms with Gasteiger partial charge in [-0.25, -0.2) is 0 Å². The number of thiophene rings is 1. The average molecular weight is 251 g/mol. The van der Waals surface area contributed by atoms with Crippen LogP contribution in [0.15, 0.2) is 17.5 Å². The average Bonchev–Trinajstić information content (AvgIpc) is 2.89. The Balaban J connectivity index is 1.71. The highest BCUT2D eigenvalue weighted by Gasteiger charge is 2.24. The van der Waals surface area contributed by atoms with E-state index in [0.717, 1.165) is 11.8 Å². The molecule has 0 saturated heterocycles. The van der Waals surface area contributed by atoms with Gasteiger partial charge in [-0.1, -0.05) is 32.3 Å². The quantitative estimate of drug-likeness (QED) is 0.833. The SMILES string of the molecule is CCC1CCC(C(N)CCc2cccs2)CC1. The minimum absolute atomic E-state index is 0.426. The summed E-state index contributed by atoms with van der Waals surface area (Å²) in [5.41, 5.74) is 6.36. The summed E-state index contributed by atoms with van der Waals surface area (Å²) < 4.78 is 0. The van der Waals surface area contributed by atoms with Crippen molar-refractivity contribution in [2.75, 3.05) is 0 Å². The molecule has 96 valence electrons. The molecule has 1 aromatic rings. The van der Waals surface area contributed by atoms with Gasteiger partial charge in [0.2, 0.25) is 0 Å². The Morgan fingerprint density at radius 2 is 2.12 bits per heavy atom. The minimum Gasteiger partial charge on any atom is -0.327 e. The first-order chi connectivity index (χ1) is 8.29. The first-order valence-corrected chi connectivity index (χ1v) is 7.95. The fraction of sp³-hybridized carbons (Fsp3) is 0.733. The van der Waals surface area contributed by atoms with E-state index in [2.05, 4.69) is 24.4 Å². The van der Waals surface area contributed by atoms with Crippen LogP contribution in [0.4, 0.5) is 0 Å². The van der Waals surface area contributed by atoms with Crippen LogP contribution in [0, 0.1) is 11.8 Å². The third-order valence-electron chi connectivity index (χ3n) is 4.38. The van der Waals surface area contributed by atoms with E-state index in [4.69, 9.17) is 5.73 Å². The molecule has 0 bridgehead atoms. The van der Waals surface area contributed by atoms with Crippen LogP contribution in [0.2, 0.25) is 0 Å². The molecule has 2 N–H and O–H groups in total. The topological polar surface area (TPSA) is 26.0 Å². The Morgan fingerprint density at radius 1 is 1.35 bits per heavy atom. The fourth-order valence-corrected chi connectivity index (χ4v) is 3.75. The van der Waals surface area contributed by atoms with Crippen LogP contribution >= 0.6 is 11.3 Å². The zero-order chi connectivity index (χ0) is 12.1. The first kappa shape index (κ1) is 13.1. The number of hydrogen-bond acceptors (Lipinski definition) is 2. The van der Waals surface area contributed by atoms with Gasteiger partial charge in [0.05, 0.1) is 0 Å². The summed E-state index contributed by atoms with van der Waals surface area (Å²) in [6.45, 7) is 2.32. The first-order valence-electron chi connectivity index (χ1n) is 7.07. The van der Waals surface area contributed by atoms with Gasteiger partial charge in [-0.2, -0.15) is 0 Å². The molecule has 0 amide bonds. The lowest BCUT2D eigenvalue weighted by molar-refractivity contribution is 0.233. The molecule has 1 saturated carbocycles. The maximum absolute atomic E-state index is 6.36. The molecule has 2 rings (SSSR count). The third-order valence-corrected chi connectivity index (χ3v) is 5.31. The second-order valence-corrected chi connectivity index (χ2v) is 6.50. The predicted octanol–water partition coefficient (Wildman–Crippen LogP) is 4.22. The second-order valence-electron chi connectivity index (χ2n) is 5.47. The van der Waals surface area contributed by atoms with Crippen molar-refractivity contribution in [2.24, 2.45) is 17.6 Å². The Bertz CT molecular complexity index is 299. The number of hydrogen-bond donors (Lipinski definition) is 1. The fourth-order valence-electron chi connectivity index (χ4n) is 3.02. The number of nitrogens with two attached hydrogens (primary N) is 1. The van der Waals surface area contributed by atoms with E-state index in [0.29, 0.717) is 6.04 Å². The lowest BCUT2D eigenvalue weighted by atomic mass is 9.77. The molecule has 0 aliphatic heterocycles. The summed E-state index contributed by atoms with van der Waals surface area (Å²) in [7, 11) is 0. The third kappa shape index (κ3) is 3.82. The highest BCUT2D eigenvalue weighted by Crippen LogP contribution is 2.33. The monoisotopic (exact) mass is 251 g/mol. The summed E-state index contributed by atoms with van der Waals surface area (Å²) in [6, 6.07) is 4.79. The van der Waals surface area contributed by atoms with Gasteiger partial charge in [-0.15, -0.1) is 11.3 Å². The van der Waals surface area contributed by atoms with E-state index in [1.54, 1.807) is 0 Å². The molecular weight excluding hydrogens is 226 g/mol. The van der Waals surface area contributed by atoms with Gasteiger partial charge in [0, 0.05) is 10.9 Å². The lowest BCUT2D eigenvalue weighted by Gasteiger charge is -2.31. The second kappa shape index (κ2) is 6.55. The summed E-state index contributed by atoms with van der Waals surface area (Å²) >= 11 is 1.86. The molecular formula is C15H25NS. The lowest BCUT2D eigenvalue weighted by Crippen LogP contribution is -2.33. The molecule has 1 atom stereocenters. The molecule has 1 fully saturated rings. The predicted molar refractivity (Wildman–Crippen MR) is 76.4 cm³/mol. The van der Waals surface area contributed by atoms with Crippen molar-refractivity contribution in [1.82, 2.24) is 0 Å². The van der Waals surface area contributed by atoms with E-state index >= 15 is 0 Å². The van der Waals surface area contributed by atoms with Crippen LogP contribution < -0.4 is 5.73 Å². The van der Waals surface area contributed by atoms with Crippen LogP contribution in [0.5, 0.6) is 0 Å². The maximum Gasteiger partial charge on any atom is 0.00706 e. The number of rotatable bonds is 5. The van der Waals surface area contributed by atoms with Crippen molar-refractivity contribution in [3.8, 4) is 0 Å². The molecule has 0 spiro atoms. The Morgan fingerprint density at radius 3 is 2.71 bits per heavy atom. The highest BCUT2D eigenvalue weighted by molar-refractivity contribution is 7.09. The Hall–Kier alpha value is -0.340. The zero-order valence-corrected chi connectivity index (χ0v) is 11.7. The van der Waals surface area contributed by atoms with Gasteiger partial charge < -0.3 is 5.73 Å². The van der Waals surface area contributed by atoms with Crippen molar-refractivity contribution in [1.29, 1.82) is 0 Å². The molecule has 1 unspecified atom stereocenters. The standard InChI is InChI=1S/C15H25NS/c1-2-12-5-7-13(8-6-12)15(16)10-9-14-4-3-11-17-14/h3-4,11-13,15H,2,5-10,16H2,1H3. The van der Waals surface area contributed by atoms with Crippen LogP contribution in [0.25, 0.3) is 0 Å². The molecule has 1 aliphatic rings. The highest BCUT2D eigenvalue weighted by atomic mass is 32.1. The van der Waals surface area contributed by atoms with Crippen molar-refractivity contribution >= 4 is 11.3 Å². The maximum atomic E-state index is 6.36.